The van der Waals surface area contributed by atoms with E-state index in [-0.39, 0.29) is 6.61 Å². The van der Waals surface area contributed by atoms with Gasteiger partial charge in [0, 0.05) is 6.20 Å². The summed E-state index contributed by atoms with van der Waals surface area (Å²) in [5, 5.41) is 8.92. The van der Waals surface area contributed by atoms with Crippen molar-refractivity contribution in [1.29, 1.82) is 0 Å². The van der Waals surface area contributed by atoms with Crippen molar-refractivity contribution >= 4 is 0 Å². The van der Waals surface area contributed by atoms with Crippen LogP contribution >= 0.6 is 0 Å². The van der Waals surface area contributed by atoms with Crippen LogP contribution in [0.15, 0.2) is 12.3 Å². The van der Waals surface area contributed by atoms with Gasteiger partial charge >= 0.3 is 0 Å². The Kier molecular flexibility index (Phi) is 3.06. The third-order valence-corrected chi connectivity index (χ3v) is 2.49. The second-order valence-electron chi connectivity index (χ2n) is 3.61. The van der Waals surface area contributed by atoms with Crippen LogP contribution in [-0.2, 0) is 13.2 Å². The minimum Gasteiger partial charge on any atom is -0.390 e. The van der Waals surface area contributed by atoms with Gasteiger partial charge in [-0.15, -0.1) is 0 Å². The van der Waals surface area contributed by atoms with Gasteiger partial charge in [0.1, 0.15) is 5.82 Å². The maximum Gasteiger partial charge on any atom is 0.142 e. The Labute approximate surface area is 83.6 Å². The fraction of sp³-hybridized carbons (Fsp3) is 0.600. The lowest BCUT2D eigenvalue weighted by molar-refractivity contribution is 0.274. The predicted molar refractivity (Wildman–Crippen MR) is 52.5 cm³/mol. The van der Waals surface area contributed by atoms with Gasteiger partial charge in [-0.25, -0.2) is 9.97 Å². The molecule has 1 aromatic heterocycles. The van der Waals surface area contributed by atoms with Gasteiger partial charge in [0.25, 0.3) is 0 Å². The zero-order valence-electron chi connectivity index (χ0n) is 8.19. The highest BCUT2D eigenvalue weighted by Crippen LogP contribution is 2.10. The van der Waals surface area contributed by atoms with Crippen LogP contribution in [0.1, 0.15) is 24.4 Å². The molecule has 0 amide bonds. The molecule has 1 aliphatic rings. The Hall–Kier alpha value is -1.00. The van der Waals surface area contributed by atoms with Gasteiger partial charge in [-0.1, -0.05) is 0 Å². The van der Waals surface area contributed by atoms with E-state index in [1.54, 1.807) is 12.3 Å². The summed E-state index contributed by atoms with van der Waals surface area (Å²) in [7, 11) is 0. The Morgan fingerprint density at radius 2 is 2.14 bits per heavy atom. The van der Waals surface area contributed by atoms with E-state index in [1.807, 2.05) is 0 Å². The van der Waals surface area contributed by atoms with Gasteiger partial charge in [-0.05, 0) is 32.0 Å². The van der Waals surface area contributed by atoms with Crippen molar-refractivity contribution in [2.75, 3.05) is 13.1 Å². The molecule has 0 spiro atoms. The highest BCUT2D eigenvalue weighted by atomic mass is 16.3. The molecule has 0 saturated carbocycles. The number of hydrogen-bond acceptors (Lipinski definition) is 4. The smallest absolute Gasteiger partial charge is 0.142 e. The SMILES string of the molecule is OCc1ccnc(CN2CCCC2)n1. The first kappa shape index (κ1) is 9.55. The van der Waals surface area contributed by atoms with Crippen LogP contribution in [0.4, 0.5) is 0 Å². The highest BCUT2D eigenvalue weighted by Gasteiger charge is 2.12. The third kappa shape index (κ3) is 2.27. The number of aliphatic hydroxyl groups excluding tert-OH is 1. The van der Waals surface area contributed by atoms with Crippen molar-refractivity contribution in [2.24, 2.45) is 0 Å². The Bertz CT molecular complexity index is 297. The van der Waals surface area contributed by atoms with E-state index in [2.05, 4.69) is 14.9 Å². The maximum absolute atomic E-state index is 8.92. The second kappa shape index (κ2) is 4.48. The second-order valence-corrected chi connectivity index (χ2v) is 3.61. The first-order valence-electron chi connectivity index (χ1n) is 5.02. The molecule has 0 aliphatic carbocycles. The number of rotatable bonds is 3. The lowest BCUT2D eigenvalue weighted by Crippen LogP contribution is -2.20. The Morgan fingerprint density at radius 1 is 1.36 bits per heavy atom. The quantitative estimate of drug-likeness (QED) is 0.762. The molecular weight excluding hydrogens is 178 g/mol. The first-order valence-corrected chi connectivity index (χ1v) is 5.02. The molecule has 1 aliphatic heterocycles. The molecule has 0 radical (unpaired) electrons. The van der Waals surface area contributed by atoms with Crippen molar-refractivity contribution < 1.29 is 5.11 Å². The zero-order chi connectivity index (χ0) is 9.80. The number of aliphatic hydroxyl groups is 1. The van der Waals surface area contributed by atoms with E-state index >= 15 is 0 Å². The molecule has 2 heterocycles. The molecule has 4 nitrogen and oxygen atoms in total. The molecule has 4 heteroatoms. The van der Waals surface area contributed by atoms with Crippen molar-refractivity contribution in [3.05, 3.63) is 23.8 Å². The van der Waals surface area contributed by atoms with Crippen LogP contribution in [0.25, 0.3) is 0 Å². The summed E-state index contributed by atoms with van der Waals surface area (Å²) in [6, 6.07) is 1.74. The summed E-state index contributed by atoms with van der Waals surface area (Å²) in [6.07, 6.45) is 4.27. The molecule has 0 atom stereocenters. The van der Waals surface area contributed by atoms with Crippen LogP contribution in [0.5, 0.6) is 0 Å². The van der Waals surface area contributed by atoms with E-state index in [4.69, 9.17) is 5.11 Å². The summed E-state index contributed by atoms with van der Waals surface area (Å²) in [4.78, 5) is 10.8. The monoisotopic (exact) mass is 193 g/mol. The maximum atomic E-state index is 8.92. The molecule has 0 bridgehead atoms. The molecule has 14 heavy (non-hydrogen) atoms. The number of likely N-dealkylation sites (tertiary alicyclic amines) is 1. The Morgan fingerprint density at radius 3 is 2.86 bits per heavy atom. The van der Waals surface area contributed by atoms with Crippen molar-refractivity contribution in [3.63, 3.8) is 0 Å². The van der Waals surface area contributed by atoms with E-state index in [9.17, 15) is 0 Å². The average Bonchev–Trinajstić information content (AvgIpc) is 2.71. The molecule has 1 fully saturated rings. The van der Waals surface area contributed by atoms with Crippen molar-refractivity contribution in [3.8, 4) is 0 Å². The normalized spacial score (nSPS) is 17.5. The molecule has 1 aromatic rings. The van der Waals surface area contributed by atoms with Gasteiger partial charge in [0.2, 0.25) is 0 Å². The zero-order valence-corrected chi connectivity index (χ0v) is 8.19. The van der Waals surface area contributed by atoms with E-state index in [1.165, 1.54) is 12.8 Å². The summed E-state index contributed by atoms with van der Waals surface area (Å²) < 4.78 is 0. The lowest BCUT2D eigenvalue weighted by Gasteiger charge is -2.12. The lowest BCUT2D eigenvalue weighted by atomic mass is 10.4. The number of aromatic nitrogens is 2. The molecule has 1 saturated heterocycles. The number of hydrogen-bond donors (Lipinski definition) is 1. The summed E-state index contributed by atoms with van der Waals surface area (Å²) in [5.41, 5.74) is 0.703. The van der Waals surface area contributed by atoms with Gasteiger partial charge in [-0.2, -0.15) is 0 Å². The van der Waals surface area contributed by atoms with Gasteiger partial charge in [-0.3, -0.25) is 4.90 Å². The minimum absolute atomic E-state index is 0.00444. The molecule has 0 aromatic carbocycles. The largest absolute Gasteiger partial charge is 0.390 e. The molecule has 76 valence electrons. The summed E-state index contributed by atoms with van der Waals surface area (Å²) >= 11 is 0. The molecular formula is C10H15N3O. The van der Waals surface area contributed by atoms with Crippen LogP contribution in [0, 0.1) is 0 Å². The molecule has 0 unspecified atom stereocenters. The average molecular weight is 193 g/mol. The van der Waals surface area contributed by atoms with Crippen LogP contribution in [-0.4, -0.2) is 33.1 Å². The van der Waals surface area contributed by atoms with E-state index in [0.717, 1.165) is 25.5 Å². The summed E-state index contributed by atoms with van der Waals surface area (Å²) in [5.74, 6) is 0.818. The molecule has 2 rings (SSSR count). The van der Waals surface area contributed by atoms with Gasteiger partial charge in [0.15, 0.2) is 0 Å². The van der Waals surface area contributed by atoms with Gasteiger partial charge in [0.05, 0.1) is 18.8 Å². The summed E-state index contributed by atoms with van der Waals surface area (Å²) in [6.45, 7) is 3.10. The van der Waals surface area contributed by atoms with Crippen molar-refractivity contribution in [1.82, 2.24) is 14.9 Å². The predicted octanol–water partition coefficient (Wildman–Crippen LogP) is 0.565. The molecule has 1 N–H and O–H groups in total. The Balaban J connectivity index is 2.00. The highest BCUT2D eigenvalue weighted by molar-refractivity contribution is 5.01. The van der Waals surface area contributed by atoms with Crippen LogP contribution in [0.3, 0.4) is 0 Å². The third-order valence-electron chi connectivity index (χ3n) is 2.49. The van der Waals surface area contributed by atoms with Crippen LogP contribution < -0.4 is 0 Å². The van der Waals surface area contributed by atoms with Crippen molar-refractivity contribution in [2.45, 2.75) is 26.0 Å². The fourth-order valence-corrected chi connectivity index (χ4v) is 1.75. The van der Waals surface area contributed by atoms with Gasteiger partial charge < -0.3 is 5.11 Å². The minimum atomic E-state index is -0.00444. The van der Waals surface area contributed by atoms with Crippen LogP contribution in [0.2, 0.25) is 0 Å². The fourth-order valence-electron chi connectivity index (χ4n) is 1.75. The first-order chi connectivity index (χ1) is 6.88. The topological polar surface area (TPSA) is 49.3 Å². The number of nitrogens with zero attached hydrogens (tertiary/aromatic N) is 3. The van der Waals surface area contributed by atoms with E-state index in [0.29, 0.717) is 5.69 Å². The standard InChI is InChI=1S/C10H15N3O/c14-8-9-3-4-11-10(12-9)7-13-5-1-2-6-13/h3-4,14H,1-2,5-8H2. The van der Waals surface area contributed by atoms with E-state index < -0.39 is 0 Å².